The van der Waals surface area contributed by atoms with Gasteiger partial charge in [0.05, 0.1) is 17.2 Å². The second-order valence-corrected chi connectivity index (χ2v) is 8.27. The Morgan fingerprint density at radius 1 is 0.750 bits per heavy atom. The molecule has 0 amide bonds. The first-order valence-corrected chi connectivity index (χ1v) is 11.5. The molecule has 6 nitrogen and oxygen atoms in total. The van der Waals surface area contributed by atoms with Gasteiger partial charge in [-0.25, -0.2) is 4.79 Å². The lowest BCUT2D eigenvalue weighted by atomic mass is 10.0. The Hall–Kier alpha value is -4.58. The Morgan fingerprint density at radius 2 is 1.36 bits per heavy atom. The molecule has 0 saturated heterocycles. The van der Waals surface area contributed by atoms with E-state index in [1.807, 2.05) is 74.5 Å². The lowest BCUT2D eigenvalue weighted by molar-refractivity contribution is -0.138. The van der Waals surface area contributed by atoms with E-state index in [0.29, 0.717) is 11.4 Å². The van der Waals surface area contributed by atoms with Crippen LogP contribution < -0.4 is 10.1 Å². The molecule has 0 spiro atoms. The van der Waals surface area contributed by atoms with Gasteiger partial charge in [0.15, 0.2) is 0 Å². The fourth-order valence-electron chi connectivity index (χ4n) is 3.42. The van der Waals surface area contributed by atoms with Gasteiger partial charge in [0.25, 0.3) is 0 Å². The summed E-state index contributed by atoms with van der Waals surface area (Å²) in [5.41, 5.74) is 4.85. The third kappa shape index (κ3) is 6.96. The van der Waals surface area contributed by atoms with Gasteiger partial charge in [-0.3, -0.25) is 4.79 Å². The van der Waals surface area contributed by atoms with Gasteiger partial charge in [0.2, 0.25) is 0 Å². The minimum Gasteiger partial charge on any atom is -0.481 e. The maximum atomic E-state index is 11.1. The maximum absolute atomic E-state index is 11.1. The molecule has 0 aliphatic carbocycles. The second-order valence-electron chi connectivity index (χ2n) is 8.27. The highest BCUT2D eigenvalue weighted by molar-refractivity contribution is 5.95. The predicted octanol–water partition coefficient (Wildman–Crippen LogP) is 7.41. The summed E-state index contributed by atoms with van der Waals surface area (Å²) in [5.74, 6) is -0.927. The van der Waals surface area contributed by atoms with Crippen LogP contribution in [-0.4, -0.2) is 22.2 Å². The Balaban J connectivity index is 0.000000201. The number of carboxylic acids is 2. The lowest BCUT2D eigenvalue weighted by Crippen LogP contribution is -2.07. The molecule has 184 valence electrons. The van der Waals surface area contributed by atoms with Crippen molar-refractivity contribution in [3.05, 3.63) is 119 Å². The summed E-state index contributed by atoms with van der Waals surface area (Å²) in [5, 5.41) is 21.3. The van der Waals surface area contributed by atoms with Crippen molar-refractivity contribution in [2.24, 2.45) is 0 Å². The van der Waals surface area contributed by atoms with Crippen LogP contribution in [0.1, 0.15) is 39.9 Å². The molecule has 0 heterocycles. The van der Waals surface area contributed by atoms with Gasteiger partial charge in [-0.15, -0.1) is 0 Å². The standard InChI is InChI=1S/C15H15NO2.C15H14O3/c1-10-6-5-9-13(11(10)2)16-14-8-4-3-7-12(14)15(17)18;1-11(15(16)17)12-6-5-9-14(10-12)18-13-7-3-2-4-8-13/h3-9,16H,1-2H3,(H,17,18);2-11H,1H3,(H,16,17). The molecular weight excluding hydrogens is 454 g/mol. The minimum absolute atomic E-state index is 0.276. The van der Waals surface area contributed by atoms with Gasteiger partial charge in [-0.05, 0) is 79.9 Å². The average molecular weight is 484 g/mol. The van der Waals surface area contributed by atoms with Crippen molar-refractivity contribution in [3.63, 3.8) is 0 Å². The number of ether oxygens (including phenoxy) is 1. The van der Waals surface area contributed by atoms with E-state index in [2.05, 4.69) is 5.32 Å². The van der Waals surface area contributed by atoms with Crippen LogP contribution in [0.4, 0.5) is 11.4 Å². The van der Waals surface area contributed by atoms with Gasteiger partial charge in [-0.1, -0.05) is 54.6 Å². The number of carbonyl (C=O) groups is 2. The summed E-state index contributed by atoms with van der Waals surface area (Å²) in [6, 6.07) is 29.4. The van der Waals surface area contributed by atoms with Crippen LogP contribution in [0.5, 0.6) is 11.5 Å². The number of aromatic carboxylic acids is 1. The predicted molar refractivity (Wildman–Crippen MR) is 142 cm³/mol. The molecule has 6 heteroatoms. The highest BCUT2D eigenvalue weighted by atomic mass is 16.5. The van der Waals surface area contributed by atoms with Gasteiger partial charge in [0.1, 0.15) is 11.5 Å². The lowest BCUT2D eigenvalue weighted by Gasteiger charge is -2.13. The van der Waals surface area contributed by atoms with E-state index in [0.717, 1.165) is 22.6 Å². The second kappa shape index (κ2) is 12.2. The van der Waals surface area contributed by atoms with Crippen molar-refractivity contribution in [1.29, 1.82) is 0 Å². The van der Waals surface area contributed by atoms with Crippen molar-refractivity contribution < 1.29 is 24.5 Å². The zero-order chi connectivity index (χ0) is 26.1. The molecule has 4 rings (SSSR count). The molecule has 0 radical (unpaired) electrons. The zero-order valence-electron chi connectivity index (χ0n) is 20.4. The van der Waals surface area contributed by atoms with Crippen LogP contribution >= 0.6 is 0 Å². The highest BCUT2D eigenvalue weighted by Crippen LogP contribution is 2.26. The molecule has 1 atom stereocenters. The molecule has 36 heavy (non-hydrogen) atoms. The Morgan fingerprint density at radius 3 is 2.06 bits per heavy atom. The summed E-state index contributed by atoms with van der Waals surface area (Å²) in [6.45, 7) is 5.70. The van der Waals surface area contributed by atoms with Crippen molar-refractivity contribution in [1.82, 2.24) is 0 Å². The average Bonchev–Trinajstić information content (AvgIpc) is 2.87. The largest absolute Gasteiger partial charge is 0.481 e. The van der Waals surface area contributed by atoms with Crippen molar-refractivity contribution in [2.45, 2.75) is 26.7 Å². The number of nitrogens with one attached hydrogen (secondary N) is 1. The molecule has 3 N–H and O–H groups in total. The van der Waals surface area contributed by atoms with Crippen molar-refractivity contribution in [3.8, 4) is 11.5 Å². The number of hydrogen-bond acceptors (Lipinski definition) is 4. The number of aliphatic carboxylic acids is 1. The van der Waals surface area contributed by atoms with Crippen molar-refractivity contribution in [2.75, 3.05) is 5.32 Å². The summed E-state index contributed by atoms with van der Waals surface area (Å²) in [7, 11) is 0. The maximum Gasteiger partial charge on any atom is 0.337 e. The number of benzene rings is 4. The number of hydrogen-bond donors (Lipinski definition) is 3. The minimum atomic E-state index is -0.927. The Labute approximate surface area is 210 Å². The van der Waals surface area contributed by atoms with Gasteiger partial charge >= 0.3 is 11.9 Å². The monoisotopic (exact) mass is 483 g/mol. The number of anilines is 2. The molecule has 1 unspecified atom stereocenters. The molecule has 0 bridgehead atoms. The molecule has 0 fully saturated rings. The number of aryl methyl sites for hydroxylation is 1. The quantitative estimate of drug-likeness (QED) is 0.253. The third-order valence-electron chi connectivity index (χ3n) is 5.74. The van der Waals surface area contributed by atoms with Crippen molar-refractivity contribution >= 4 is 23.3 Å². The Bertz CT molecular complexity index is 1330. The summed E-state index contributed by atoms with van der Waals surface area (Å²) in [4.78, 5) is 22.1. The molecule has 0 aliphatic rings. The number of para-hydroxylation sites is 2. The van der Waals surface area contributed by atoms with E-state index in [-0.39, 0.29) is 5.56 Å². The van der Waals surface area contributed by atoms with E-state index >= 15 is 0 Å². The van der Waals surface area contributed by atoms with E-state index in [1.54, 1.807) is 43.3 Å². The number of rotatable bonds is 7. The van der Waals surface area contributed by atoms with Crippen LogP contribution in [0.25, 0.3) is 0 Å². The van der Waals surface area contributed by atoms with Crippen LogP contribution in [-0.2, 0) is 4.79 Å². The fourth-order valence-corrected chi connectivity index (χ4v) is 3.42. The van der Waals surface area contributed by atoms with Crippen LogP contribution in [0, 0.1) is 13.8 Å². The normalized spacial score (nSPS) is 11.0. The number of carboxylic acid groups (broad SMARTS) is 2. The third-order valence-corrected chi connectivity index (χ3v) is 5.74. The summed E-state index contributed by atoms with van der Waals surface area (Å²) in [6.07, 6.45) is 0. The molecular formula is C30H29NO5. The first kappa shape index (κ1) is 26.0. The first-order chi connectivity index (χ1) is 17.3. The van der Waals surface area contributed by atoms with Crippen LogP contribution in [0.15, 0.2) is 97.1 Å². The Kier molecular flexibility index (Phi) is 8.84. The van der Waals surface area contributed by atoms with E-state index in [4.69, 9.17) is 14.9 Å². The van der Waals surface area contributed by atoms with Crippen LogP contribution in [0.2, 0.25) is 0 Å². The smallest absolute Gasteiger partial charge is 0.337 e. The van der Waals surface area contributed by atoms with E-state index in [9.17, 15) is 9.59 Å². The summed E-state index contributed by atoms with van der Waals surface area (Å²) >= 11 is 0. The topological polar surface area (TPSA) is 95.9 Å². The molecule has 0 saturated carbocycles. The fraction of sp³-hybridized carbons (Fsp3) is 0.133. The highest BCUT2D eigenvalue weighted by Gasteiger charge is 2.14. The van der Waals surface area contributed by atoms with Gasteiger partial charge in [0, 0.05) is 5.69 Å². The van der Waals surface area contributed by atoms with Gasteiger partial charge < -0.3 is 20.3 Å². The molecule has 0 aliphatic heterocycles. The van der Waals surface area contributed by atoms with Gasteiger partial charge in [-0.2, -0.15) is 0 Å². The first-order valence-electron chi connectivity index (χ1n) is 11.5. The zero-order valence-corrected chi connectivity index (χ0v) is 20.4. The molecule has 0 aromatic heterocycles. The summed E-state index contributed by atoms with van der Waals surface area (Å²) < 4.78 is 5.66. The van der Waals surface area contributed by atoms with E-state index in [1.165, 1.54) is 5.56 Å². The molecule has 4 aromatic carbocycles. The van der Waals surface area contributed by atoms with E-state index < -0.39 is 17.9 Å². The SMILES string of the molecule is CC(C(=O)O)c1cccc(Oc2ccccc2)c1.Cc1cccc(Nc2ccccc2C(=O)O)c1C. The van der Waals surface area contributed by atoms with Crippen LogP contribution in [0.3, 0.4) is 0 Å². The molecule has 4 aromatic rings.